The van der Waals surface area contributed by atoms with Gasteiger partial charge in [-0.1, -0.05) is 5.16 Å². The fourth-order valence-corrected chi connectivity index (χ4v) is 2.33. The van der Waals surface area contributed by atoms with Crippen LogP contribution in [0.3, 0.4) is 0 Å². The summed E-state index contributed by atoms with van der Waals surface area (Å²) in [7, 11) is 3.12. The maximum absolute atomic E-state index is 11.1. The van der Waals surface area contributed by atoms with Crippen LogP contribution in [0.5, 0.6) is 11.5 Å². The first-order valence-electron chi connectivity index (χ1n) is 7.12. The monoisotopic (exact) mass is 328 g/mol. The second-order valence-corrected chi connectivity index (χ2v) is 4.98. The van der Waals surface area contributed by atoms with Crippen LogP contribution in [0.1, 0.15) is 0 Å². The molecule has 0 saturated heterocycles. The highest BCUT2D eigenvalue weighted by atomic mass is 16.5. The molecule has 1 aromatic carbocycles. The molecule has 0 aliphatic carbocycles. The van der Waals surface area contributed by atoms with Gasteiger partial charge in [-0.2, -0.15) is 4.98 Å². The molecule has 2 heterocycles. The van der Waals surface area contributed by atoms with Crippen LogP contribution in [0.25, 0.3) is 23.0 Å². The summed E-state index contributed by atoms with van der Waals surface area (Å²) in [6.07, 6.45) is 1.72. The number of primary amides is 1. The van der Waals surface area contributed by atoms with Crippen molar-refractivity contribution in [2.45, 2.75) is 6.54 Å². The molecule has 0 saturated carbocycles. The van der Waals surface area contributed by atoms with Crippen molar-refractivity contribution in [1.82, 2.24) is 14.7 Å². The molecule has 0 unspecified atom stereocenters. The quantitative estimate of drug-likeness (QED) is 0.738. The Balaban J connectivity index is 1.94. The van der Waals surface area contributed by atoms with Gasteiger partial charge in [0.1, 0.15) is 12.2 Å². The second kappa shape index (κ2) is 6.45. The van der Waals surface area contributed by atoms with Crippen LogP contribution in [0.4, 0.5) is 0 Å². The van der Waals surface area contributed by atoms with Gasteiger partial charge in [0.05, 0.1) is 14.2 Å². The lowest BCUT2D eigenvalue weighted by Crippen LogP contribution is -2.18. The number of carbonyl (C=O) groups is 1. The van der Waals surface area contributed by atoms with Gasteiger partial charge in [0.2, 0.25) is 11.7 Å². The molecule has 8 heteroatoms. The Kier molecular flexibility index (Phi) is 4.19. The van der Waals surface area contributed by atoms with E-state index in [0.717, 1.165) is 5.56 Å². The Morgan fingerprint density at radius 1 is 1.25 bits per heavy atom. The topological polar surface area (TPSA) is 105 Å². The van der Waals surface area contributed by atoms with E-state index in [9.17, 15) is 4.79 Å². The van der Waals surface area contributed by atoms with Crippen molar-refractivity contribution in [3.63, 3.8) is 0 Å². The maximum atomic E-state index is 11.1. The van der Waals surface area contributed by atoms with Gasteiger partial charge in [-0.25, -0.2) is 0 Å². The summed E-state index contributed by atoms with van der Waals surface area (Å²) >= 11 is 0. The molecule has 24 heavy (non-hydrogen) atoms. The van der Waals surface area contributed by atoms with Crippen molar-refractivity contribution in [1.29, 1.82) is 0 Å². The molecular weight excluding hydrogens is 312 g/mol. The number of carbonyl (C=O) groups excluding carboxylic acids is 1. The summed E-state index contributed by atoms with van der Waals surface area (Å²) in [6, 6.07) is 8.88. The first kappa shape index (κ1) is 15.6. The van der Waals surface area contributed by atoms with Gasteiger partial charge >= 0.3 is 0 Å². The third-order valence-corrected chi connectivity index (χ3v) is 3.44. The highest BCUT2D eigenvalue weighted by Crippen LogP contribution is 2.32. The molecule has 124 valence electrons. The van der Waals surface area contributed by atoms with Crippen LogP contribution in [0.15, 0.2) is 41.1 Å². The van der Waals surface area contributed by atoms with E-state index < -0.39 is 5.91 Å². The third-order valence-electron chi connectivity index (χ3n) is 3.44. The minimum atomic E-state index is -0.452. The Labute approximate surface area is 137 Å². The van der Waals surface area contributed by atoms with Gasteiger partial charge in [0.15, 0.2) is 11.5 Å². The number of rotatable bonds is 6. The van der Waals surface area contributed by atoms with Crippen molar-refractivity contribution in [2.75, 3.05) is 14.2 Å². The van der Waals surface area contributed by atoms with E-state index in [1.807, 2.05) is 0 Å². The molecule has 2 aromatic heterocycles. The molecule has 0 spiro atoms. The molecule has 0 aliphatic heterocycles. The molecule has 0 atom stereocenters. The molecule has 8 nitrogen and oxygen atoms in total. The first-order valence-corrected chi connectivity index (χ1v) is 7.12. The SMILES string of the molecule is COc1ccc(-c2noc(-c3cccn3CC(N)=O)n2)cc1OC. The van der Waals surface area contributed by atoms with Gasteiger partial charge in [-0.15, -0.1) is 0 Å². The summed E-state index contributed by atoms with van der Waals surface area (Å²) in [6.45, 7) is 0.0381. The zero-order chi connectivity index (χ0) is 17.1. The Bertz CT molecular complexity index is 869. The van der Waals surface area contributed by atoms with E-state index in [-0.39, 0.29) is 6.54 Å². The van der Waals surface area contributed by atoms with E-state index in [4.69, 9.17) is 19.7 Å². The number of methoxy groups -OCH3 is 2. The number of aromatic nitrogens is 3. The fraction of sp³-hybridized carbons (Fsp3) is 0.188. The van der Waals surface area contributed by atoms with Gasteiger partial charge in [0.25, 0.3) is 5.89 Å². The van der Waals surface area contributed by atoms with Crippen LogP contribution < -0.4 is 15.2 Å². The van der Waals surface area contributed by atoms with Crippen LogP contribution in [0.2, 0.25) is 0 Å². The Morgan fingerprint density at radius 2 is 2.04 bits per heavy atom. The number of benzene rings is 1. The molecule has 3 aromatic rings. The summed E-state index contributed by atoms with van der Waals surface area (Å²) < 4.78 is 17.4. The van der Waals surface area contributed by atoms with E-state index in [2.05, 4.69) is 10.1 Å². The van der Waals surface area contributed by atoms with Gasteiger partial charge in [0, 0.05) is 11.8 Å². The lowest BCUT2D eigenvalue weighted by molar-refractivity contribution is -0.118. The van der Waals surface area contributed by atoms with E-state index in [0.29, 0.717) is 28.9 Å². The van der Waals surface area contributed by atoms with E-state index in [1.54, 1.807) is 55.3 Å². The Hall–Kier alpha value is -3.29. The molecule has 0 aliphatic rings. The van der Waals surface area contributed by atoms with Crippen LogP contribution in [0, 0.1) is 0 Å². The molecule has 0 bridgehead atoms. The predicted molar refractivity (Wildman–Crippen MR) is 85.5 cm³/mol. The fourth-order valence-electron chi connectivity index (χ4n) is 2.33. The third kappa shape index (κ3) is 2.94. The lowest BCUT2D eigenvalue weighted by Gasteiger charge is -2.07. The molecule has 0 fully saturated rings. The average Bonchev–Trinajstić information content (AvgIpc) is 3.22. The molecule has 2 N–H and O–H groups in total. The molecule has 3 rings (SSSR count). The summed E-state index contributed by atoms with van der Waals surface area (Å²) in [5.41, 5.74) is 6.57. The number of nitrogens with zero attached hydrogens (tertiary/aromatic N) is 3. The van der Waals surface area contributed by atoms with E-state index in [1.165, 1.54) is 0 Å². The van der Waals surface area contributed by atoms with Crippen molar-refractivity contribution in [3.05, 3.63) is 36.5 Å². The highest BCUT2D eigenvalue weighted by molar-refractivity contribution is 5.74. The standard InChI is InChI=1S/C16H16N4O4/c1-22-12-6-5-10(8-13(12)23-2)15-18-16(24-19-15)11-4-3-7-20(11)9-14(17)21/h3-8H,9H2,1-2H3,(H2,17,21). The normalized spacial score (nSPS) is 10.6. The van der Waals surface area contributed by atoms with Crippen LogP contribution in [-0.2, 0) is 11.3 Å². The lowest BCUT2D eigenvalue weighted by atomic mass is 10.2. The number of ether oxygens (including phenoxy) is 2. The Morgan fingerprint density at radius 3 is 2.75 bits per heavy atom. The van der Waals surface area contributed by atoms with Crippen molar-refractivity contribution in [3.8, 4) is 34.5 Å². The van der Waals surface area contributed by atoms with Crippen LogP contribution >= 0.6 is 0 Å². The highest BCUT2D eigenvalue weighted by Gasteiger charge is 2.16. The summed E-state index contributed by atoms with van der Waals surface area (Å²) in [5, 5.41) is 3.98. The first-order chi connectivity index (χ1) is 11.6. The van der Waals surface area contributed by atoms with Crippen LogP contribution in [-0.4, -0.2) is 34.8 Å². The van der Waals surface area contributed by atoms with E-state index >= 15 is 0 Å². The molecule has 1 amide bonds. The average molecular weight is 328 g/mol. The maximum Gasteiger partial charge on any atom is 0.274 e. The second-order valence-electron chi connectivity index (χ2n) is 4.98. The predicted octanol–water partition coefficient (Wildman–Crippen LogP) is 1.71. The van der Waals surface area contributed by atoms with Crippen molar-refractivity contribution in [2.24, 2.45) is 5.73 Å². The number of nitrogens with two attached hydrogens (primary N) is 1. The summed E-state index contributed by atoms with van der Waals surface area (Å²) in [4.78, 5) is 15.5. The minimum absolute atomic E-state index is 0.0381. The van der Waals surface area contributed by atoms with Crippen molar-refractivity contribution >= 4 is 5.91 Å². The largest absolute Gasteiger partial charge is 0.493 e. The van der Waals surface area contributed by atoms with Gasteiger partial charge in [-0.05, 0) is 30.3 Å². The zero-order valence-electron chi connectivity index (χ0n) is 13.2. The smallest absolute Gasteiger partial charge is 0.274 e. The zero-order valence-corrected chi connectivity index (χ0v) is 13.2. The van der Waals surface area contributed by atoms with Gasteiger partial charge in [-0.3, -0.25) is 4.79 Å². The number of hydrogen-bond acceptors (Lipinski definition) is 6. The number of amides is 1. The molecule has 0 radical (unpaired) electrons. The molecular formula is C16H16N4O4. The minimum Gasteiger partial charge on any atom is -0.493 e. The van der Waals surface area contributed by atoms with Gasteiger partial charge < -0.3 is 24.3 Å². The number of hydrogen-bond donors (Lipinski definition) is 1. The van der Waals surface area contributed by atoms with Crippen molar-refractivity contribution < 1.29 is 18.8 Å². The summed E-state index contributed by atoms with van der Waals surface area (Å²) in [5.74, 6) is 1.43.